The van der Waals surface area contributed by atoms with Gasteiger partial charge in [0.05, 0.1) is 49.1 Å². The summed E-state index contributed by atoms with van der Waals surface area (Å²) in [7, 11) is 3.28. The zero-order chi connectivity index (χ0) is 24.9. The quantitative estimate of drug-likeness (QED) is 0.386. The summed E-state index contributed by atoms with van der Waals surface area (Å²) in [5, 5.41) is 4.49. The smallest absolute Gasteiger partial charge is 0.259 e. The number of pyridine rings is 3. The normalized spacial score (nSPS) is 14.7. The summed E-state index contributed by atoms with van der Waals surface area (Å²) in [5.41, 5.74) is 2.73. The minimum atomic E-state index is -0.226. The van der Waals surface area contributed by atoms with E-state index >= 15 is 0 Å². The summed E-state index contributed by atoms with van der Waals surface area (Å²) in [4.78, 5) is 35.9. The highest BCUT2D eigenvalue weighted by Crippen LogP contribution is 2.29. The molecule has 1 fully saturated rings. The van der Waals surface area contributed by atoms with Gasteiger partial charge in [-0.2, -0.15) is 0 Å². The van der Waals surface area contributed by atoms with Crippen LogP contribution in [-0.4, -0.2) is 70.3 Å². The molecule has 2 N–H and O–H groups in total. The fourth-order valence-electron chi connectivity index (χ4n) is 4.54. The summed E-state index contributed by atoms with van der Waals surface area (Å²) in [6.07, 6.45) is 8.72. The second-order valence-corrected chi connectivity index (χ2v) is 8.78. The van der Waals surface area contributed by atoms with Crippen LogP contribution < -0.4 is 15.6 Å². The molecule has 5 rings (SSSR count). The van der Waals surface area contributed by atoms with E-state index in [-0.39, 0.29) is 5.56 Å². The molecule has 0 bridgehead atoms. The molecule has 1 saturated heterocycles. The van der Waals surface area contributed by atoms with Crippen LogP contribution in [0.1, 0.15) is 24.5 Å². The fourth-order valence-corrected chi connectivity index (χ4v) is 4.54. The number of ether oxygens (including phenoxy) is 2. The van der Waals surface area contributed by atoms with E-state index in [1.165, 1.54) is 13.3 Å². The second kappa shape index (κ2) is 10.8. The van der Waals surface area contributed by atoms with Crippen LogP contribution >= 0.6 is 0 Å². The minimum Gasteiger partial charge on any atom is -0.480 e. The van der Waals surface area contributed by atoms with Gasteiger partial charge < -0.3 is 24.7 Å². The maximum Gasteiger partial charge on any atom is 0.259 e. The van der Waals surface area contributed by atoms with Crippen LogP contribution in [0.4, 0.5) is 11.5 Å². The fraction of sp³-hybridized carbons (Fsp3) is 0.346. The maximum absolute atomic E-state index is 12.7. The van der Waals surface area contributed by atoms with Crippen LogP contribution in [-0.2, 0) is 4.74 Å². The van der Waals surface area contributed by atoms with E-state index in [0.29, 0.717) is 34.4 Å². The summed E-state index contributed by atoms with van der Waals surface area (Å²) in [6, 6.07) is 7.70. The molecule has 10 nitrogen and oxygen atoms in total. The van der Waals surface area contributed by atoms with E-state index < -0.39 is 0 Å². The van der Waals surface area contributed by atoms with E-state index in [0.717, 1.165) is 55.9 Å². The molecule has 0 aliphatic carbocycles. The van der Waals surface area contributed by atoms with Crippen LogP contribution in [0, 0.1) is 0 Å². The molecule has 0 unspecified atom stereocenters. The Morgan fingerprint density at radius 3 is 2.69 bits per heavy atom. The molecule has 36 heavy (non-hydrogen) atoms. The number of anilines is 2. The number of H-pyrrole nitrogens is 1. The molecule has 4 aromatic heterocycles. The van der Waals surface area contributed by atoms with Crippen molar-refractivity contribution >= 4 is 22.3 Å². The lowest BCUT2D eigenvalue weighted by molar-refractivity contribution is 0.130. The molecule has 0 saturated carbocycles. The topological polar surface area (TPSA) is 118 Å². The molecule has 0 amide bonds. The summed E-state index contributed by atoms with van der Waals surface area (Å²) in [6.45, 7) is 3.84. The van der Waals surface area contributed by atoms with Crippen molar-refractivity contribution in [2.45, 2.75) is 18.8 Å². The number of likely N-dealkylation sites (tertiary alicyclic amines) is 1. The molecule has 0 spiro atoms. The van der Waals surface area contributed by atoms with Gasteiger partial charge >= 0.3 is 0 Å². The van der Waals surface area contributed by atoms with E-state index in [9.17, 15) is 4.79 Å². The predicted octanol–water partition coefficient (Wildman–Crippen LogP) is 3.35. The number of fused-ring (bicyclic) bond motifs is 1. The number of piperidine rings is 1. The highest BCUT2D eigenvalue weighted by molar-refractivity contribution is 5.94. The summed E-state index contributed by atoms with van der Waals surface area (Å²) < 4.78 is 10.4. The van der Waals surface area contributed by atoms with Crippen molar-refractivity contribution in [1.29, 1.82) is 0 Å². The first-order chi connectivity index (χ1) is 17.6. The molecule has 10 heteroatoms. The summed E-state index contributed by atoms with van der Waals surface area (Å²) >= 11 is 0. The highest BCUT2D eigenvalue weighted by atomic mass is 16.5. The molecule has 4 aromatic rings. The lowest BCUT2D eigenvalue weighted by Gasteiger charge is -2.31. The van der Waals surface area contributed by atoms with Gasteiger partial charge in [0.15, 0.2) is 0 Å². The third-order valence-electron chi connectivity index (χ3n) is 6.50. The standard InChI is InChI=1S/C26H29N7O3/c1-35-12-11-33-9-6-17(7-10-33)20-4-3-19(14-29-20)30-25-24-18(5-8-28-26(24)34)13-21(32-25)22-15-27-16-23(31-22)36-2/h3-5,8,13-17H,6-7,9-12H2,1-2H3,(H,28,34)(H,30,32). The van der Waals surface area contributed by atoms with Crippen molar-refractivity contribution in [3.05, 3.63) is 65.1 Å². The average Bonchev–Trinajstić information content (AvgIpc) is 2.92. The van der Waals surface area contributed by atoms with Crippen molar-refractivity contribution in [3.63, 3.8) is 0 Å². The van der Waals surface area contributed by atoms with Crippen molar-refractivity contribution in [2.75, 3.05) is 45.8 Å². The second-order valence-electron chi connectivity index (χ2n) is 8.78. The third-order valence-corrected chi connectivity index (χ3v) is 6.50. The maximum atomic E-state index is 12.7. The molecule has 186 valence electrons. The molecule has 0 radical (unpaired) electrons. The van der Waals surface area contributed by atoms with Gasteiger partial charge in [0.1, 0.15) is 11.5 Å². The molecular weight excluding hydrogens is 458 g/mol. The monoisotopic (exact) mass is 487 g/mol. The number of hydrogen-bond acceptors (Lipinski definition) is 9. The first kappa shape index (κ1) is 23.8. The first-order valence-corrected chi connectivity index (χ1v) is 12.0. The Morgan fingerprint density at radius 1 is 1.08 bits per heavy atom. The molecule has 5 heterocycles. The lowest BCUT2D eigenvalue weighted by Crippen LogP contribution is -2.35. The van der Waals surface area contributed by atoms with Gasteiger partial charge in [0.25, 0.3) is 5.56 Å². The van der Waals surface area contributed by atoms with Crippen molar-refractivity contribution < 1.29 is 9.47 Å². The Balaban J connectivity index is 1.39. The van der Waals surface area contributed by atoms with Crippen LogP contribution in [0.5, 0.6) is 5.88 Å². The average molecular weight is 488 g/mol. The lowest BCUT2D eigenvalue weighted by atomic mass is 9.93. The molecule has 0 atom stereocenters. The van der Waals surface area contributed by atoms with Crippen LogP contribution in [0.25, 0.3) is 22.2 Å². The van der Waals surface area contributed by atoms with Gasteiger partial charge in [-0.25, -0.2) is 9.97 Å². The number of methoxy groups -OCH3 is 2. The van der Waals surface area contributed by atoms with Crippen LogP contribution in [0.15, 0.2) is 53.8 Å². The number of aromatic amines is 1. The van der Waals surface area contributed by atoms with E-state index in [1.54, 1.807) is 25.7 Å². The van der Waals surface area contributed by atoms with Crippen LogP contribution in [0.3, 0.4) is 0 Å². The number of rotatable bonds is 8. The Hall–Kier alpha value is -3.89. The number of nitrogens with one attached hydrogen (secondary N) is 2. The van der Waals surface area contributed by atoms with Crippen molar-refractivity contribution in [3.8, 4) is 17.3 Å². The Morgan fingerprint density at radius 2 is 1.94 bits per heavy atom. The third kappa shape index (κ3) is 5.19. The Kier molecular flexibility index (Phi) is 7.15. The zero-order valence-electron chi connectivity index (χ0n) is 20.4. The molecule has 0 aromatic carbocycles. The SMILES string of the molecule is COCCN1CCC(c2ccc(Nc3nc(-c4cncc(OC)n4)cc4cc[nH]c(=O)c34)cn2)CC1. The molecule has 1 aliphatic heterocycles. The van der Waals surface area contributed by atoms with Gasteiger partial charge in [0, 0.05) is 31.5 Å². The summed E-state index contributed by atoms with van der Waals surface area (Å²) in [5.74, 6) is 1.25. The Bertz CT molecular complexity index is 1380. The Labute approximate surface area is 208 Å². The minimum absolute atomic E-state index is 0.226. The van der Waals surface area contributed by atoms with Gasteiger partial charge in [-0.15, -0.1) is 0 Å². The van der Waals surface area contributed by atoms with E-state index in [1.807, 2.05) is 18.2 Å². The first-order valence-electron chi connectivity index (χ1n) is 12.0. The highest BCUT2D eigenvalue weighted by Gasteiger charge is 2.21. The largest absolute Gasteiger partial charge is 0.480 e. The van der Waals surface area contributed by atoms with E-state index in [2.05, 4.69) is 31.2 Å². The number of hydrogen-bond donors (Lipinski definition) is 2. The van der Waals surface area contributed by atoms with Crippen molar-refractivity contribution in [1.82, 2.24) is 29.8 Å². The zero-order valence-corrected chi connectivity index (χ0v) is 20.4. The van der Waals surface area contributed by atoms with Gasteiger partial charge in [0.2, 0.25) is 5.88 Å². The van der Waals surface area contributed by atoms with Gasteiger partial charge in [-0.3, -0.25) is 14.8 Å². The number of aromatic nitrogens is 5. The predicted molar refractivity (Wildman–Crippen MR) is 138 cm³/mol. The number of nitrogens with zero attached hydrogens (tertiary/aromatic N) is 5. The molecule has 1 aliphatic rings. The van der Waals surface area contributed by atoms with E-state index in [4.69, 9.17) is 19.4 Å². The van der Waals surface area contributed by atoms with Gasteiger partial charge in [-0.05, 0) is 55.6 Å². The van der Waals surface area contributed by atoms with Crippen molar-refractivity contribution in [2.24, 2.45) is 0 Å². The van der Waals surface area contributed by atoms with Crippen LogP contribution in [0.2, 0.25) is 0 Å². The van der Waals surface area contributed by atoms with Gasteiger partial charge in [-0.1, -0.05) is 0 Å². The molecular formula is C26H29N7O3.